The van der Waals surface area contributed by atoms with Gasteiger partial charge in [0.05, 0.1) is 5.56 Å². The molecule has 0 bridgehead atoms. The number of halogens is 4. The molecule has 1 atom stereocenters. The van der Waals surface area contributed by atoms with Crippen LogP contribution in [0.1, 0.15) is 5.56 Å². The molecule has 0 saturated carbocycles. The number of hydrogen-bond acceptors (Lipinski definition) is 3. The van der Waals surface area contributed by atoms with Crippen LogP contribution in [0.2, 0.25) is 0 Å². The van der Waals surface area contributed by atoms with E-state index >= 15 is 0 Å². The van der Waals surface area contributed by atoms with Gasteiger partial charge in [0.15, 0.2) is 0 Å². The zero-order chi connectivity index (χ0) is 11.7. The highest BCUT2D eigenvalue weighted by atomic mass is 35.7. The minimum atomic E-state index is -4.76. The van der Waals surface area contributed by atoms with Crippen LogP contribution in [0.3, 0.4) is 0 Å². The summed E-state index contributed by atoms with van der Waals surface area (Å²) >= 11 is 4.70. The fourth-order valence-corrected chi connectivity index (χ4v) is 1.52. The minimum absolute atomic E-state index is 0.696. The zero-order valence-electron chi connectivity index (χ0n) is 6.99. The van der Waals surface area contributed by atoms with Crippen molar-refractivity contribution in [2.75, 3.05) is 0 Å². The fraction of sp³-hybridized carbons (Fsp3) is 0.143. The van der Waals surface area contributed by atoms with E-state index in [0.29, 0.717) is 6.07 Å². The summed E-state index contributed by atoms with van der Waals surface area (Å²) < 4.78 is 51.4. The van der Waals surface area contributed by atoms with Crippen LogP contribution in [0.4, 0.5) is 13.2 Å². The van der Waals surface area contributed by atoms with Crippen molar-refractivity contribution in [2.24, 2.45) is 0 Å². The third kappa shape index (κ3) is 3.74. The van der Waals surface area contributed by atoms with Crippen molar-refractivity contribution in [2.45, 2.75) is 6.18 Å². The van der Waals surface area contributed by atoms with Crippen LogP contribution < -0.4 is 9.42 Å². The van der Waals surface area contributed by atoms with Gasteiger partial charge < -0.3 is 9.42 Å². The maximum atomic E-state index is 12.3. The number of para-hydroxylation sites is 1. The molecule has 0 N–H and O–H groups in total. The second-order valence-corrected chi connectivity index (χ2v) is 4.80. The molecule has 0 aliphatic rings. The summed E-state index contributed by atoms with van der Waals surface area (Å²) in [6.07, 6.45) is -4.69. The molecule has 0 aliphatic heterocycles. The number of benzene rings is 1. The lowest BCUT2D eigenvalue weighted by molar-refractivity contribution is -0.183. The summed E-state index contributed by atoms with van der Waals surface area (Å²) in [5.74, 6) is -0.835. The molecule has 15 heavy (non-hydrogen) atoms. The molecule has 0 aromatic heterocycles. The Labute approximate surface area is 87.8 Å². The maximum absolute atomic E-state index is 12.3. The molecule has 0 amide bonds. The highest BCUT2D eigenvalue weighted by Crippen LogP contribution is 2.47. The van der Waals surface area contributed by atoms with Gasteiger partial charge in [-0.05, 0) is 23.4 Å². The second kappa shape index (κ2) is 4.04. The van der Waals surface area contributed by atoms with Gasteiger partial charge >= 0.3 is 6.18 Å². The molecule has 0 spiro atoms. The van der Waals surface area contributed by atoms with Crippen LogP contribution in [0.15, 0.2) is 24.3 Å². The monoisotopic (exact) mass is 259 g/mol. The predicted octanol–water partition coefficient (Wildman–Crippen LogP) is 2.79. The van der Waals surface area contributed by atoms with E-state index in [1.165, 1.54) is 6.07 Å². The predicted molar refractivity (Wildman–Crippen MR) is 45.5 cm³/mol. The molecule has 0 fully saturated rings. The molecule has 8 heteroatoms. The first-order valence-electron chi connectivity index (χ1n) is 3.57. The third-order valence-electron chi connectivity index (χ3n) is 1.40. The van der Waals surface area contributed by atoms with Gasteiger partial charge in [0, 0.05) is 0 Å². The van der Waals surface area contributed by atoms with E-state index in [9.17, 15) is 22.6 Å². The summed E-state index contributed by atoms with van der Waals surface area (Å²) in [7, 11) is 0. The Bertz CT molecular complexity index is 401. The SMILES string of the molecule is O=P([O-])(Cl)Oc1ccccc1C(F)(F)F. The highest BCUT2D eigenvalue weighted by Gasteiger charge is 2.34. The third-order valence-corrected chi connectivity index (χ3v) is 2.02. The van der Waals surface area contributed by atoms with E-state index in [1.807, 2.05) is 0 Å². The molecule has 1 unspecified atom stereocenters. The van der Waals surface area contributed by atoms with E-state index < -0.39 is 24.4 Å². The van der Waals surface area contributed by atoms with Crippen LogP contribution in [-0.4, -0.2) is 0 Å². The lowest BCUT2D eigenvalue weighted by Gasteiger charge is -2.19. The van der Waals surface area contributed by atoms with Crippen molar-refractivity contribution in [1.29, 1.82) is 0 Å². The van der Waals surface area contributed by atoms with Gasteiger partial charge in [-0.15, -0.1) is 0 Å². The van der Waals surface area contributed by atoms with E-state index in [0.717, 1.165) is 12.1 Å². The summed E-state index contributed by atoms with van der Waals surface area (Å²) in [5, 5.41) is 0. The molecular weight excluding hydrogens is 255 g/mol. The summed E-state index contributed by atoms with van der Waals surface area (Å²) in [5.41, 5.74) is -1.19. The number of alkyl halides is 3. The smallest absolute Gasteiger partial charge is 0.419 e. The Morgan fingerprint density at radius 3 is 2.33 bits per heavy atom. The summed E-state index contributed by atoms with van der Waals surface area (Å²) in [6.45, 7) is -4.76. The van der Waals surface area contributed by atoms with Gasteiger partial charge in [0.1, 0.15) is 5.75 Å². The first kappa shape index (κ1) is 12.4. The zero-order valence-corrected chi connectivity index (χ0v) is 8.64. The van der Waals surface area contributed by atoms with Gasteiger partial charge in [-0.1, -0.05) is 12.1 Å². The molecule has 1 rings (SSSR count). The standard InChI is InChI=1S/C7H5ClF3O3P/c8-15(12,13)14-6-4-2-1-3-5(6)7(9,10)11/h1-4H,(H,12,13)/p-1. The van der Waals surface area contributed by atoms with Crippen LogP contribution in [-0.2, 0) is 10.7 Å². The van der Waals surface area contributed by atoms with Crippen LogP contribution in [0.5, 0.6) is 5.75 Å². The average molecular weight is 260 g/mol. The van der Waals surface area contributed by atoms with Crippen molar-refractivity contribution in [3.8, 4) is 5.75 Å². The Kier molecular flexibility index (Phi) is 3.33. The largest absolute Gasteiger partial charge is 0.757 e. The topological polar surface area (TPSA) is 49.4 Å². The summed E-state index contributed by atoms with van der Waals surface area (Å²) in [6, 6.07) is 3.88. The summed E-state index contributed by atoms with van der Waals surface area (Å²) in [4.78, 5) is 10.5. The van der Waals surface area contributed by atoms with Crippen molar-refractivity contribution in [3.05, 3.63) is 29.8 Å². The molecule has 3 nitrogen and oxygen atoms in total. The molecule has 0 saturated heterocycles. The van der Waals surface area contributed by atoms with Gasteiger partial charge in [0.25, 0.3) is 6.95 Å². The van der Waals surface area contributed by atoms with Crippen molar-refractivity contribution < 1.29 is 27.2 Å². The van der Waals surface area contributed by atoms with E-state index in [-0.39, 0.29) is 0 Å². The maximum Gasteiger partial charge on any atom is 0.419 e. The molecule has 0 radical (unpaired) electrons. The van der Waals surface area contributed by atoms with Gasteiger partial charge in [-0.25, -0.2) is 0 Å². The Hall–Kier alpha value is -0.710. The second-order valence-electron chi connectivity index (χ2n) is 2.52. The minimum Gasteiger partial charge on any atom is -0.757 e. The Morgan fingerprint density at radius 2 is 1.87 bits per heavy atom. The molecule has 84 valence electrons. The van der Waals surface area contributed by atoms with Gasteiger partial charge in [-0.2, -0.15) is 13.2 Å². The first-order chi connectivity index (χ1) is 6.70. The van der Waals surface area contributed by atoms with Gasteiger partial charge in [0.2, 0.25) is 0 Å². The molecule has 1 aromatic rings. The highest BCUT2D eigenvalue weighted by molar-refractivity contribution is 7.79. The van der Waals surface area contributed by atoms with Crippen LogP contribution in [0, 0.1) is 0 Å². The van der Waals surface area contributed by atoms with E-state index in [2.05, 4.69) is 4.52 Å². The molecule has 0 heterocycles. The fourth-order valence-electron chi connectivity index (χ4n) is 0.898. The molecular formula is C7H4ClF3O3P-. The average Bonchev–Trinajstić information content (AvgIpc) is 1.99. The van der Waals surface area contributed by atoms with Crippen molar-refractivity contribution >= 4 is 18.2 Å². The Morgan fingerprint density at radius 1 is 1.33 bits per heavy atom. The molecule has 0 aliphatic carbocycles. The lowest BCUT2D eigenvalue weighted by atomic mass is 10.2. The van der Waals surface area contributed by atoms with E-state index in [1.54, 1.807) is 0 Å². The first-order valence-corrected chi connectivity index (χ1v) is 6.01. The molecule has 1 aromatic carbocycles. The van der Waals surface area contributed by atoms with E-state index in [4.69, 9.17) is 11.2 Å². The van der Waals surface area contributed by atoms with Crippen LogP contribution >= 0.6 is 18.2 Å². The number of rotatable bonds is 2. The van der Waals surface area contributed by atoms with Crippen molar-refractivity contribution in [3.63, 3.8) is 0 Å². The van der Waals surface area contributed by atoms with Gasteiger partial charge in [-0.3, -0.25) is 4.57 Å². The van der Waals surface area contributed by atoms with Crippen LogP contribution in [0.25, 0.3) is 0 Å². The van der Waals surface area contributed by atoms with Crippen molar-refractivity contribution in [1.82, 2.24) is 0 Å². The number of hydrogen-bond donors (Lipinski definition) is 0. The Balaban J connectivity index is 3.14. The normalized spacial score (nSPS) is 15.8. The quantitative estimate of drug-likeness (QED) is 0.767. The lowest BCUT2D eigenvalue weighted by Crippen LogP contribution is -2.09.